The molecule has 0 radical (unpaired) electrons. The average Bonchev–Trinajstić information content (AvgIpc) is 3.13. The molecule has 2 aromatic carbocycles. The molecule has 1 atom stereocenters. The van der Waals surface area contributed by atoms with Crippen molar-refractivity contribution in [1.82, 2.24) is 10.2 Å². The summed E-state index contributed by atoms with van der Waals surface area (Å²) in [5, 5.41) is 2.98. The van der Waals surface area contributed by atoms with E-state index < -0.39 is 0 Å². The molecule has 1 heterocycles. The number of benzene rings is 2. The van der Waals surface area contributed by atoms with Crippen molar-refractivity contribution in [3.63, 3.8) is 0 Å². The van der Waals surface area contributed by atoms with Crippen molar-refractivity contribution < 1.29 is 19.1 Å². The maximum absolute atomic E-state index is 12.7. The molecule has 29 heavy (non-hydrogen) atoms. The van der Waals surface area contributed by atoms with Gasteiger partial charge in [-0.15, -0.1) is 0 Å². The van der Waals surface area contributed by atoms with Crippen LogP contribution in [0.15, 0.2) is 48.5 Å². The molecule has 0 bridgehead atoms. The Labute approximate surface area is 171 Å². The number of carbonyl (C=O) groups is 2. The minimum Gasteiger partial charge on any atom is -0.493 e. The van der Waals surface area contributed by atoms with Gasteiger partial charge in [-0.3, -0.25) is 9.59 Å². The topological polar surface area (TPSA) is 67.9 Å². The first kappa shape index (κ1) is 20.7. The van der Waals surface area contributed by atoms with Crippen LogP contribution in [0.3, 0.4) is 0 Å². The molecule has 0 spiro atoms. The van der Waals surface area contributed by atoms with Gasteiger partial charge in [0.15, 0.2) is 11.5 Å². The number of likely N-dealkylation sites (tertiary alicyclic amines) is 1. The lowest BCUT2D eigenvalue weighted by atomic mass is 10.1. The molecule has 1 saturated heterocycles. The second-order valence-electron chi connectivity index (χ2n) is 7.11. The Morgan fingerprint density at radius 2 is 1.79 bits per heavy atom. The van der Waals surface area contributed by atoms with Gasteiger partial charge in [-0.05, 0) is 42.5 Å². The van der Waals surface area contributed by atoms with E-state index in [0.29, 0.717) is 43.9 Å². The number of hydrogen-bond acceptors (Lipinski definition) is 4. The van der Waals surface area contributed by atoms with Crippen molar-refractivity contribution in [3.05, 3.63) is 59.7 Å². The first-order valence-corrected chi connectivity index (χ1v) is 9.94. The van der Waals surface area contributed by atoms with Crippen molar-refractivity contribution in [2.75, 3.05) is 27.3 Å². The third-order valence-corrected chi connectivity index (χ3v) is 5.28. The largest absolute Gasteiger partial charge is 0.493 e. The van der Waals surface area contributed by atoms with Crippen LogP contribution < -0.4 is 14.8 Å². The van der Waals surface area contributed by atoms with Crippen LogP contribution >= 0.6 is 0 Å². The number of nitrogens with zero attached hydrogens (tertiary/aromatic N) is 1. The Kier molecular flexibility index (Phi) is 7.11. The van der Waals surface area contributed by atoms with Crippen molar-refractivity contribution in [3.8, 4) is 11.5 Å². The number of nitrogens with one attached hydrogen (secondary N) is 1. The fourth-order valence-electron chi connectivity index (χ4n) is 3.66. The van der Waals surface area contributed by atoms with Crippen LogP contribution in [0, 0.1) is 0 Å². The lowest BCUT2D eigenvalue weighted by Gasteiger charge is -2.24. The van der Waals surface area contributed by atoms with Crippen LogP contribution in [0.4, 0.5) is 0 Å². The van der Waals surface area contributed by atoms with Crippen LogP contribution in [-0.2, 0) is 22.4 Å². The normalized spacial score (nSPS) is 16.0. The summed E-state index contributed by atoms with van der Waals surface area (Å²) in [7, 11) is 3.20. The standard InChI is InChI=1S/C23H28N2O4/c1-28-20-10-8-18(16-21(20)29-2)12-14-24-23(27)19-9-11-22(26)25(19)15-13-17-6-4-3-5-7-17/h3-8,10,16,19H,9,11-15H2,1-2H3,(H,24,27)/t19-/m0/s1. The quantitative estimate of drug-likeness (QED) is 0.708. The number of ether oxygens (including phenoxy) is 2. The first-order chi connectivity index (χ1) is 14.1. The third-order valence-electron chi connectivity index (χ3n) is 5.28. The Morgan fingerprint density at radius 1 is 1.03 bits per heavy atom. The molecule has 1 aliphatic rings. The van der Waals surface area contributed by atoms with E-state index in [1.807, 2.05) is 48.5 Å². The fraction of sp³-hybridized carbons (Fsp3) is 0.391. The predicted octanol–water partition coefficient (Wildman–Crippen LogP) is 2.60. The minimum atomic E-state index is -0.378. The molecule has 0 aliphatic carbocycles. The molecular formula is C23H28N2O4. The van der Waals surface area contributed by atoms with Crippen LogP contribution in [0.5, 0.6) is 11.5 Å². The second-order valence-corrected chi connectivity index (χ2v) is 7.11. The molecule has 1 N–H and O–H groups in total. The summed E-state index contributed by atoms with van der Waals surface area (Å²) >= 11 is 0. The molecule has 0 aromatic heterocycles. The molecule has 6 nitrogen and oxygen atoms in total. The van der Waals surface area contributed by atoms with Crippen molar-refractivity contribution >= 4 is 11.8 Å². The van der Waals surface area contributed by atoms with Gasteiger partial charge in [0.25, 0.3) is 0 Å². The van der Waals surface area contributed by atoms with Crippen LogP contribution in [-0.4, -0.2) is 50.1 Å². The summed E-state index contributed by atoms with van der Waals surface area (Å²) in [5.74, 6) is 1.33. The van der Waals surface area contributed by atoms with E-state index in [0.717, 1.165) is 12.0 Å². The van der Waals surface area contributed by atoms with Gasteiger partial charge in [0.05, 0.1) is 14.2 Å². The third kappa shape index (κ3) is 5.28. The maximum Gasteiger partial charge on any atom is 0.242 e. The van der Waals surface area contributed by atoms with E-state index in [9.17, 15) is 9.59 Å². The van der Waals surface area contributed by atoms with Crippen molar-refractivity contribution in [1.29, 1.82) is 0 Å². The van der Waals surface area contributed by atoms with E-state index in [-0.39, 0.29) is 17.9 Å². The van der Waals surface area contributed by atoms with Crippen LogP contribution in [0.25, 0.3) is 0 Å². The lowest BCUT2D eigenvalue weighted by molar-refractivity contribution is -0.135. The van der Waals surface area contributed by atoms with Gasteiger partial charge >= 0.3 is 0 Å². The van der Waals surface area contributed by atoms with E-state index in [2.05, 4.69) is 5.32 Å². The summed E-state index contributed by atoms with van der Waals surface area (Å²) in [4.78, 5) is 26.7. The maximum atomic E-state index is 12.7. The minimum absolute atomic E-state index is 0.0565. The zero-order valence-corrected chi connectivity index (χ0v) is 17.0. The van der Waals surface area contributed by atoms with E-state index in [1.54, 1.807) is 19.1 Å². The molecule has 0 saturated carbocycles. The molecular weight excluding hydrogens is 368 g/mol. The molecule has 1 fully saturated rings. The summed E-state index contributed by atoms with van der Waals surface area (Å²) in [6, 6.07) is 15.4. The summed E-state index contributed by atoms with van der Waals surface area (Å²) < 4.78 is 10.6. The van der Waals surface area contributed by atoms with E-state index >= 15 is 0 Å². The predicted molar refractivity (Wildman–Crippen MR) is 111 cm³/mol. The van der Waals surface area contributed by atoms with Gasteiger partial charge < -0.3 is 19.7 Å². The Bertz CT molecular complexity index is 838. The smallest absolute Gasteiger partial charge is 0.242 e. The van der Waals surface area contributed by atoms with Gasteiger partial charge in [0.2, 0.25) is 11.8 Å². The molecule has 1 aliphatic heterocycles. The Morgan fingerprint density at radius 3 is 2.52 bits per heavy atom. The average molecular weight is 396 g/mol. The van der Waals surface area contributed by atoms with Gasteiger partial charge in [0.1, 0.15) is 6.04 Å². The van der Waals surface area contributed by atoms with Crippen LogP contribution in [0.2, 0.25) is 0 Å². The zero-order chi connectivity index (χ0) is 20.6. The molecule has 6 heteroatoms. The SMILES string of the molecule is COc1ccc(CCNC(=O)[C@@H]2CCC(=O)N2CCc2ccccc2)cc1OC. The number of amides is 2. The molecule has 154 valence electrons. The van der Waals surface area contributed by atoms with Gasteiger partial charge in [-0.25, -0.2) is 0 Å². The first-order valence-electron chi connectivity index (χ1n) is 9.94. The highest BCUT2D eigenvalue weighted by Crippen LogP contribution is 2.27. The molecule has 2 amide bonds. The zero-order valence-electron chi connectivity index (χ0n) is 17.0. The highest BCUT2D eigenvalue weighted by atomic mass is 16.5. The summed E-state index contributed by atoms with van der Waals surface area (Å²) in [5.41, 5.74) is 2.21. The monoisotopic (exact) mass is 396 g/mol. The molecule has 0 unspecified atom stereocenters. The highest BCUT2D eigenvalue weighted by Gasteiger charge is 2.35. The van der Waals surface area contributed by atoms with Gasteiger partial charge in [0, 0.05) is 19.5 Å². The number of methoxy groups -OCH3 is 2. The molecule has 3 rings (SSSR count). The highest BCUT2D eigenvalue weighted by molar-refractivity contribution is 5.90. The summed E-state index contributed by atoms with van der Waals surface area (Å²) in [6.07, 6.45) is 2.44. The van der Waals surface area contributed by atoms with Crippen molar-refractivity contribution in [2.45, 2.75) is 31.7 Å². The lowest BCUT2D eigenvalue weighted by Crippen LogP contribution is -2.45. The Hall–Kier alpha value is -3.02. The van der Waals surface area contributed by atoms with E-state index in [1.165, 1.54) is 5.56 Å². The van der Waals surface area contributed by atoms with Crippen LogP contribution in [0.1, 0.15) is 24.0 Å². The summed E-state index contributed by atoms with van der Waals surface area (Å²) in [6.45, 7) is 1.07. The van der Waals surface area contributed by atoms with Gasteiger partial charge in [-0.1, -0.05) is 36.4 Å². The number of hydrogen-bond donors (Lipinski definition) is 1. The Balaban J connectivity index is 1.52. The van der Waals surface area contributed by atoms with E-state index in [4.69, 9.17) is 9.47 Å². The fourth-order valence-corrected chi connectivity index (χ4v) is 3.66. The number of rotatable bonds is 9. The second kappa shape index (κ2) is 9.96. The van der Waals surface area contributed by atoms with Gasteiger partial charge in [-0.2, -0.15) is 0 Å². The number of carbonyl (C=O) groups excluding carboxylic acids is 2. The molecule has 2 aromatic rings. The van der Waals surface area contributed by atoms with Crippen molar-refractivity contribution in [2.24, 2.45) is 0 Å².